The summed E-state index contributed by atoms with van der Waals surface area (Å²) in [6, 6.07) is 35.8. The van der Waals surface area contributed by atoms with Crippen LogP contribution in [0.15, 0.2) is 228 Å². The topological polar surface area (TPSA) is 44.9 Å². The van der Waals surface area contributed by atoms with E-state index in [1.807, 2.05) is 24.4 Å². The van der Waals surface area contributed by atoms with Crippen LogP contribution in [0.2, 0.25) is 0 Å². The first-order valence-electron chi connectivity index (χ1n) is 22.5. The molecule has 11 rings (SSSR count). The molecule has 2 aliphatic heterocycles. The van der Waals surface area contributed by atoms with Gasteiger partial charge in [0.05, 0.1) is 29.9 Å². The molecule has 0 aromatic heterocycles. The zero-order valence-electron chi connectivity index (χ0n) is 35.0. The Morgan fingerprint density at radius 3 is 2.44 bits per heavy atom. The Morgan fingerprint density at radius 2 is 1.55 bits per heavy atom. The average Bonchev–Trinajstić information content (AvgIpc) is 3.86. The first kappa shape index (κ1) is 38.2. The minimum atomic E-state index is -0.247. The predicted octanol–water partition coefficient (Wildman–Crippen LogP) is 13.0. The highest BCUT2D eigenvalue weighted by molar-refractivity contribution is 5.93. The molecule has 0 radical (unpaired) electrons. The Kier molecular flexibility index (Phi) is 10.2. The van der Waals surface area contributed by atoms with Crippen molar-refractivity contribution >= 4 is 23.2 Å². The van der Waals surface area contributed by atoms with Gasteiger partial charge in [0.25, 0.3) is 0 Å². The van der Waals surface area contributed by atoms with Gasteiger partial charge in [-0.2, -0.15) is 0 Å². The highest BCUT2D eigenvalue weighted by Gasteiger charge is 2.42. The van der Waals surface area contributed by atoms with Gasteiger partial charge in [0, 0.05) is 46.2 Å². The number of aliphatic imine (C=N–C) groups is 1. The summed E-state index contributed by atoms with van der Waals surface area (Å²) < 4.78 is 0. The summed E-state index contributed by atoms with van der Waals surface area (Å²) in [4.78, 5) is 10.5. The maximum Gasteiger partial charge on any atom is 0.0640 e. The Balaban J connectivity index is 0.922. The molecule has 4 nitrogen and oxygen atoms in total. The summed E-state index contributed by atoms with van der Waals surface area (Å²) in [6.45, 7) is 0. The molecule has 4 aromatic rings. The van der Waals surface area contributed by atoms with Gasteiger partial charge in [-0.3, -0.25) is 4.99 Å². The maximum atomic E-state index is 6.75. The van der Waals surface area contributed by atoms with Crippen molar-refractivity contribution in [2.45, 2.75) is 62.2 Å². The fourth-order valence-corrected chi connectivity index (χ4v) is 10.8. The van der Waals surface area contributed by atoms with Gasteiger partial charge >= 0.3 is 0 Å². The summed E-state index contributed by atoms with van der Waals surface area (Å²) in [6.07, 6.45) is 46.2. The smallest absolute Gasteiger partial charge is 0.0640 e. The lowest BCUT2D eigenvalue weighted by molar-refractivity contribution is 0.614. The van der Waals surface area contributed by atoms with Crippen LogP contribution in [0.3, 0.4) is 0 Å². The van der Waals surface area contributed by atoms with E-state index in [0.717, 1.165) is 48.9 Å². The minimum Gasteiger partial charge on any atom is -0.357 e. The number of hydrogen-bond acceptors (Lipinski definition) is 4. The van der Waals surface area contributed by atoms with E-state index in [9.17, 15) is 0 Å². The SMILES string of the molecule is NC(/C=C(\N=Cc1ccccc1C1=CC2C3=C(C=CCC3)N(c3cccc(-c4cccc5c4N(C4C=CC=CC4)C4C=CC=CC54)c3)C2C=C1)C1=CC=CCC1)c1ccccc1. The molecule has 4 heteroatoms. The van der Waals surface area contributed by atoms with Gasteiger partial charge in [-0.05, 0) is 95.4 Å². The highest BCUT2D eigenvalue weighted by Crippen LogP contribution is 2.52. The molecule has 0 spiro atoms. The van der Waals surface area contributed by atoms with Crippen molar-refractivity contribution in [2.24, 2.45) is 16.6 Å². The molecule has 7 aliphatic rings. The van der Waals surface area contributed by atoms with Crippen LogP contribution in [0.4, 0.5) is 11.4 Å². The Hall–Kier alpha value is -6.75. The Labute approximate surface area is 366 Å². The monoisotopic (exact) mass is 804 g/mol. The van der Waals surface area contributed by atoms with E-state index in [4.69, 9.17) is 10.7 Å². The number of allylic oxidation sites excluding steroid dienone is 12. The van der Waals surface area contributed by atoms with Crippen molar-refractivity contribution < 1.29 is 0 Å². The first-order valence-corrected chi connectivity index (χ1v) is 22.5. The zero-order chi connectivity index (χ0) is 41.4. The van der Waals surface area contributed by atoms with Crippen LogP contribution in [0.5, 0.6) is 0 Å². The van der Waals surface area contributed by atoms with Crippen molar-refractivity contribution in [2.75, 3.05) is 9.80 Å². The van der Waals surface area contributed by atoms with Crippen molar-refractivity contribution in [3.05, 3.63) is 245 Å². The quantitative estimate of drug-likeness (QED) is 0.171. The van der Waals surface area contributed by atoms with Crippen LogP contribution < -0.4 is 15.5 Å². The number of nitrogens with zero attached hydrogens (tertiary/aromatic N) is 3. The molecular weight excluding hydrogens is 753 g/mol. The van der Waals surface area contributed by atoms with Crippen LogP contribution in [0.25, 0.3) is 16.7 Å². The highest BCUT2D eigenvalue weighted by atomic mass is 15.2. The fraction of sp³-hybridized carbons (Fsp3) is 0.190. The zero-order valence-corrected chi connectivity index (χ0v) is 35.0. The van der Waals surface area contributed by atoms with Crippen LogP contribution in [-0.2, 0) is 0 Å². The molecule has 6 unspecified atom stereocenters. The predicted molar refractivity (Wildman–Crippen MR) is 260 cm³/mol. The first-order chi connectivity index (χ1) is 30.7. The molecule has 4 aromatic carbocycles. The fourth-order valence-electron chi connectivity index (χ4n) is 10.8. The van der Waals surface area contributed by atoms with Crippen molar-refractivity contribution in [1.29, 1.82) is 0 Å². The van der Waals surface area contributed by atoms with Gasteiger partial charge in [0.2, 0.25) is 0 Å². The van der Waals surface area contributed by atoms with E-state index in [1.54, 1.807) is 0 Å². The van der Waals surface area contributed by atoms with Crippen LogP contribution in [-0.4, -0.2) is 24.3 Å². The van der Waals surface area contributed by atoms with Gasteiger partial charge in [-0.1, -0.05) is 176 Å². The van der Waals surface area contributed by atoms with E-state index in [0.29, 0.717) is 18.0 Å². The van der Waals surface area contributed by atoms with E-state index >= 15 is 0 Å². The molecule has 62 heavy (non-hydrogen) atoms. The van der Waals surface area contributed by atoms with Gasteiger partial charge in [0.15, 0.2) is 0 Å². The molecular formula is C58H52N4. The minimum absolute atomic E-state index is 0.193. The second kappa shape index (κ2) is 16.6. The van der Waals surface area contributed by atoms with E-state index in [2.05, 4.69) is 192 Å². The number of fused-ring (bicyclic) bond motifs is 5. The van der Waals surface area contributed by atoms with E-state index in [-0.39, 0.29) is 18.0 Å². The summed E-state index contributed by atoms with van der Waals surface area (Å²) in [5, 5.41) is 0. The standard InChI is InChI=1S/C58H52N4/c59-53(40-18-4-1-5-19-40)38-54(41-20-6-2-7-21-41)60-39-44-22-10-11-27-47(44)43-34-35-57-52(37-43)50-29-13-14-32-55(50)61(57)46-26-16-23-42(36-46)48-30-17-31-51-49-28-12-15-33-56(49)62(58(48)51)45-24-8-3-9-25-45/h1-6,8-12,14-20,22-24,26-28,30-39,45,49,52-53,56-57H,7,13,21,25,29,59H2/b54-38-,60-39?. The van der Waals surface area contributed by atoms with Crippen LogP contribution >= 0.6 is 0 Å². The van der Waals surface area contributed by atoms with Crippen LogP contribution in [0, 0.1) is 5.92 Å². The number of rotatable bonds is 9. The van der Waals surface area contributed by atoms with E-state index < -0.39 is 0 Å². The Bertz CT molecular complexity index is 2780. The van der Waals surface area contributed by atoms with Gasteiger partial charge in [0.1, 0.15) is 0 Å². The molecule has 0 bridgehead atoms. The van der Waals surface area contributed by atoms with Crippen molar-refractivity contribution in [1.82, 2.24) is 0 Å². The third kappa shape index (κ3) is 6.99. The molecule has 2 heterocycles. The van der Waals surface area contributed by atoms with Crippen molar-refractivity contribution in [3.63, 3.8) is 0 Å². The number of nitrogens with two attached hydrogens (primary N) is 1. The molecule has 0 fully saturated rings. The molecule has 5 aliphatic carbocycles. The number of para-hydroxylation sites is 1. The molecule has 0 saturated carbocycles. The average molecular weight is 805 g/mol. The molecule has 304 valence electrons. The number of anilines is 2. The summed E-state index contributed by atoms with van der Waals surface area (Å²) in [5.41, 5.74) is 23.0. The summed E-state index contributed by atoms with van der Waals surface area (Å²) in [5.74, 6) is 0.621. The molecule has 0 saturated heterocycles. The van der Waals surface area contributed by atoms with Gasteiger partial charge in [-0.25, -0.2) is 0 Å². The third-order valence-electron chi connectivity index (χ3n) is 13.7. The second-order valence-electron chi connectivity index (χ2n) is 17.3. The number of benzene rings is 4. The Morgan fingerprint density at radius 1 is 0.710 bits per heavy atom. The lowest BCUT2D eigenvalue weighted by Crippen LogP contribution is -2.40. The van der Waals surface area contributed by atoms with Crippen LogP contribution in [0.1, 0.15) is 66.3 Å². The number of hydrogen-bond donors (Lipinski definition) is 1. The normalized spacial score (nSPS) is 24.9. The van der Waals surface area contributed by atoms with Gasteiger partial charge in [-0.15, -0.1) is 0 Å². The largest absolute Gasteiger partial charge is 0.357 e. The molecule has 2 N–H and O–H groups in total. The molecule has 6 atom stereocenters. The lowest BCUT2D eigenvalue weighted by Gasteiger charge is -2.36. The van der Waals surface area contributed by atoms with Crippen molar-refractivity contribution in [3.8, 4) is 11.1 Å². The van der Waals surface area contributed by atoms with E-state index in [1.165, 1.54) is 56.0 Å². The lowest BCUT2D eigenvalue weighted by atomic mass is 9.82. The third-order valence-corrected chi connectivity index (χ3v) is 13.7. The molecule has 0 amide bonds. The second-order valence-corrected chi connectivity index (χ2v) is 17.3. The summed E-state index contributed by atoms with van der Waals surface area (Å²) in [7, 11) is 0. The van der Waals surface area contributed by atoms with Gasteiger partial charge < -0.3 is 15.5 Å². The maximum absolute atomic E-state index is 6.75. The summed E-state index contributed by atoms with van der Waals surface area (Å²) >= 11 is 0.